The van der Waals surface area contributed by atoms with Gasteiger partial charge in [-0.3, -0.25) is 9.69 Å². The lowest BCUT2D eigenvalue weighted by Crippen LogP contribution is -2.53. The second kappa shape index (κ2) is 5.75. The summed E-state index contributed by atoms with van der Waals surface area (Å²) in [6.07, 6.45) is 2.31. The molecular weight excluding hydrogens is 268 g/mol. The number of β-amino-alcohol motifs (C(OH)–C–C–N with tert-alkyl or cyclic N) is 1. The van der Waals surface area contributed by atoms with Gasteiger partial charge in [-0.05, 0) is 37.4 Å². The molecule has 1 atom stereocenters. The number of amides is 1. The van der Waals surface area contributed by atoms with Crippen LogP contribution in [-0.4, -0.2) is 59.4 Å². The highest BCUT2D eigenvalue weighted by Crippen LogP contribution is 2.28. The largest absolute Gasteiger partial charge is 0.393 e. The molecule has 2 N–H and O–H groups in total. The summed E-state index contributed by atoms with van der Waals surface area (Å²) in [5.41, 5.74) is 1.18. The quantitative estimate of drug-likeness (QED) is 0.845. The van der Waals surface area contributed by atoms with Gasteiger partial charge >= 0.3 is 0 Å². The van der Waals surface area contributed by atoms with Crippen LogP contribution in [0.3, 0.4) is 0 Å². The number of hydrogen-bond donors (Lipinski definition) is 2. The third-order valence-electron chi connectivity index (χ3n) is 4.48. The van der Waals surface area contributed by atoms with E-state index in [-0.39, 0.29) is 12.5 Å². The number of para-hydroxylation sites is 1. The molecule has 0 aliphatic carbocycles. The number of anilines is 1. The Morgan fingerprint density at radius 2 is 2.10 bits per heavy atom. The molecule has 5 nitrogen and oxygen atoms in total. The van der Waals surface area contributed by atoms with Gasteiger partial charge in [-0.2, -0.15) is 0 Å². The molecule has 21 heavy (non-hydrogen) atoms. The average Bonchev–Trinajstić information content (AvgIpc) is 2.91. The summed E-state index contributed by atoms with van der Waals surface area (Å²) in [5, 5.41) is 19.4. The van der Waals surface area contributed by atoms with Crippen LogP contribution < -0.4 is 4.90 Å². The molecule has 2 aliphatic heterocycles. The van der Waals surface area contributed by atoms with Gasteiger partial charge in [0.25, 0.3) is 0 Å². The van der Waals surface area contributed by atoms with Crippen LogP contribution in [-0.2, 0) is 11.2 Å². The van der Waals surface area contributed by atoms with Crippen LogP contribution >= 0.6 is 0 Å². The molecular formula is C16H22N2O3. The fraction of sp³-hybridized carbons (Fsp3) is 0.562. The zero-order valence-electron chi connectivity index (χ0n) is 12.2. The van der Waals surface area contributed by atoms with Crippen molar-refractivity contribution in [1.29, 1.82) is 0 Å². The average molecular weight is 290 g/mol. The molecule has 0 aromatic heterocycles. The predicted molar refractivity (Wildman–Crippen MR) is 80.2 cm³/mol. The van der Waals surface area contributed by atoms with Crippen molar-refractivity contribution in [2.45, 2.75) is 24.9 Å². The molecule has 1 fully saturated rings. The number of hydrogen-bond acceptors (Lipinski definition) is 4. The van der Waals surface area contributed by atoms with Crippen LogP contribution in [0.1, 0.15) is 18.4 Å². The zero-order valence-corrected chi connectivity index (χ0v) is 12.2. The topological polar surface area (TPSA) is 64.0 Å². The molecule has 1 saturated heterocycles. The Morgan fingerprint density at radius 3 is 2.90 bits per heavy atom. The number of nitrogens with zero attached hydrogens (tertiary/aromatic N) is 2. The Hall–Kier alpha value is -1.43. The van der Waals surface area contributed by atoms with E-state index in [4.69, 9.17) is 0 Å². The predicted octanol–water partition coefficient (Wildman–Crippen LogP) is 0.395. The van der Waals surface area contributed by atoms with Gasteiger partial charge in [-0.15, -0.1) is 0 Å². The highest BCUT2D eigenvalue weighted by atomic mass is 16.3. The van der Waals surface area contributed by atoms with Crippen molar-refractivity contribution in [2.75, 3.05) is 37.7 Å². The van der Waals surface area contributed by atoms with Gasteiger partial charge in [0.2, 0.25) is 5.91 Å². The summed E-state index contributed by atoms with van der Waals surface area (Å²) in [6, 6.07) is 8.00. The van der Waals surface area contributed by atoms with Crippen molar-refractivity contribution in [1.82, 2.24) is 4.90 Å². The summed E-state index contributed by atoms with van der Waals surface area (Å²) in [4.78, 5) is 16.3. The van der Waals surface area contributed by atoms with E-state index >= 15 is 0 Å². The lowest BCUT2D eigenvalue weighted by Gasteiger charge is -2.38. The summed E-state index contributed by atoms with van der Waals surface area (Å²) in [5.74, 6) is 0.0714. The normalized spacial score (nSPS) is 25.9. The Kier molecular flexibility index (Phi) is 3.97. The van der Waals surface area contributed by atoms with Crippen LogP contribution in [0, 0.1) is 0 Å². The monoisotopic (exact) mass is 290 g/mol. The maximum Gasteiger partial charge on any atom is 0.241 e. The minimum absolute atomic E-state index is 0.0714. The van der Waals surface area contributed by atoms with Crippen molar-refractivity contribution >= 4 is 11.6 Å². The first-order chi connectivity index (χ1) is 10.1. The maximum atomic E-state index is 12.5. The number of aliphatic hydroxyl groups excluding tert-OH is 1. The van der Waals surface area contributed by atoms with Crippen LogP contribution in [0.2, 0.25) is 0 Å². The molecule has 5 heteroatoms. The number of piperidine rings is 1. The number of rotatable bonds is 3. The van der Waals surface area contributed by atoms with Crippen LogP contribution in [0.5, 0.6) is 0 Å². The smallest absolute Gasteiger partial charge is 0.241 e. The first-order valence-corrected chi connectivity index (χ1v) is 7.55. The van der Waals surface area contributed by atoms with Gasteiger partial charge in [0.05, 0.1) is 13.2 Å². The molecule has 3 rings (SSSR count). The molecule has 2 aliphatic rings. The van der Waals surface area contributed by atoms with E-state index in [0.717, 1.165) is 31.6 Å². The lowest BCUT2D eigenvalue weighted by molar-refractivity contribution is -0.122. The summed E-state index contributed by atoms with van der Waals surface area (Å²) in [6.45, 7) is 1.95. The minimum atomic E-state index is -1.05. The van der Waals surface area contributed by atoms with Crippen LogP contribution in [0.4, 0.5) is 5.69 Å². The number of carbonyl (C=O) groups is 1. The highest BCUT2D eigenvalue weighted by molar-refractivity contribution is 5.96. The Morgan fingerprint density at radius 1 is 1.29 bits per heavy atom. The van der Waals surface area contributed by atoms with Gasteiger partial charge in [-0.25, -0.2) is 0 Å². The summed E-state index contributed by atoms with van der Waals surface area (Å²) < 4.78 is 0. The van der Waals surface area contributed by atoms with E-state index in [1.807, 2.05) is 28.0 Å². The molecule has 0 radical (unpaired) electrons. The third-order valence-corrected chi connectivity index (χ3v) is 4.48. The van der Waals surface area contributed by atoms with Crippen molar-refractivity contribution in [3.8, 4) is 0 Å². The standard InChI is InChI=1S/C16H22N2O3/c19-12-16(21)7-3-8-17(11-16)10-15(20)18-9-6-13-4-1-2-5-14(13)18/h1-2,4-5,19,21H,3,6-12H2. The summed E-state index contributed by atoms with van der Waals surface area (Å²) in [7, 11) is 0. The van der Waals surface area contributed by atoms with Crippen LogP contribution in [0.15, 0.2) is 24.3 Å². The van der Waals surface area contributed by atoms with Gasteiger partial charge in [0.1, 0.15) is 5.60 Å². The number of fused-ring (bicyclic) bond motifs is 1. The second-order valence-electron chi connectivity index (χ2n) is 6.12. The molecule has 1 amide bonds. The molecule has 1 aromatic carbocycles. The number of benzene rings is 1. The number of likely N-dealkylation sites (tertiary alicyclic amines) is 1. The van der Waals surface area contributed by atoms with Gasteiger partial charge in [0, 0.05) is 18.8 Å². The first-order valence-electron chi connectivity index (χ1n) is 7.55. The number of aliphatic hydroxyl groups is 2. The van der Waals surface area contributed by atoms with E-state index in [1.165, 1.54) is 5.56 Å². The fourth-order valence-electron chi connectivity index (χ4n) is 3.34. The number of carbonyl (C=O) groups excluding carboxylic acids is 1. The van der Waals surface area contributed by atoms with Gasteiger partial charge in [-0.1, -0.05) is 18.2 Å². The third kappa shape index (κ3) is 2.95. The van der Waals surface area contributed by atoms with E-state index < -0.39 is 5.60 Å². The van der Waals surface area contributed by atoms with Crippen molar-refractivity contribution in [3.05, 3.63) is 29.8 Å². The maximum absolute atomic E-state index is 12.5. The van der Waals surface area contributed by atoms with Crippen molar-refractivity contribution in [2.24, 2.45) is 0 Å². The lowest BCUT2D eigenvalue weighted by atomic mass is 9.94. The molecule has 114 valence electrons. The Bertz CT molecular complexity index is 534. The Balaban J connectivity index is 1.65. The molecule has 1 unspecified atom stereocenters. The second-order valence-corrected chi connectivity index (χ2v) is 6.12. The van der Waals surface area contributed by atoms with E-state index in [9.17, 15) is 15.0 Å². The van der Waals surface area contributed by atoms with Crippen molar-refractivity contribution in [3.63, 3.8) is 0 Å². The SMILES string of the molecule is O=C(CN1CCCC(O)(CO)C1)N1CCc2ccccc21. The minimum Gasteiger partial charge on any atom is -0.393 e. The molecule has 0 spiro atoms. The molecule has 1 aromatic rings. The molecule has 2 heterocycles. The zero-order chi connectivity index (χ0) is 14.9. The van der Waals surface area contributed by atoms with E-state index in [1.54, 1.807) is 0 Å². The van der Waals surface area contributed by atoms with E-state index in [0.29, 0.717) is 19.5 Å². The van der Waals surface area contributed by atoms with Gasteiger partial charge < -0.3 is 15.1 Å². The summed E-state index contributed by atoms with van der Waals surface area (Å²) >= 11 is 0. The molecule has 0 bridgehead atoms. The Labute approximate surface area is 124 Å². The van der Waals surface area contributed by atoms with E-state index in [2.05, 4.69) is 6.07 Å². The fourth-order valence-corrected chi connectivity index (χ4v) is 3.34. The first kappa shape index (κ1) is 14.5. The van der Waals surface area contributed by atoms with Gasteiger partial charge in [0.15, 0.2) is 0 Å². The van der Waals surface area contributed by atoms with Crippen LogP contribution in [0.25, 0.3) is 0 Å². The highest BCUT2D eigenvalue weighted by Gasteiger charge is 2.34. The van der Waals surface area contributed by atoms with Crippen molar-refractivity contribution < 1.29 is 15.0 Å². The molecule has 0 saturated carbocycles.